The molecule has 0 heteroatoms. The fraction of sp³-hybridized carbons (Fsp3) is 1.00. The van der Waals surface area contributed by atoms with Crippen molar-refractivity contribution in [1.29, 1.82) is 0 Å². The predicted octanol–water partition coefficient (Wildman–Crippen LogP) is 4.49. The minimum absolute atomic E-state index is 0.590. The van der Waals surface area contributed by atoms with Gasteiger partial charge in [-0.1, -0.05) is 47.5 Å². The van der Waals surface area contributed by atoms with E-state index in [1.165, 1.54) is 25.7 Å². The highest BCUT2D eigenvalue weighted by atomic mass is 14.4. The van der Waals surface area contributed by atoms with Gasteiger partial charge in [-0.2, -0.15) is 0 Å². The van der Waals surface area contributed by atoms with Crippen LogP contribution >= 0.6 is 0 Å². The van der Waals surface area contributed by atoms with Crippen LogP contribution in [0.3, 0.4) is 0 Å². The fourth-order valence-corrected chi connectivity index (χ4v) is 3.79. The molecule has 1 saturated carbocycles. The van der Waals surface area contributed by atoms with E-state index in [1.54, 1.807) is 0 Å². The Bertz CT molecular complexity index is 157. The van der Waals surface area contributed by atoms with Crippen molar-refractivity contribution in [1.82, 2.24) is 0 Å². The highest BCUT2D eigenvalue weighted by molar-refractivity contribution is 4.89. The van der Waals surface area contributed by atoms with Crippen LogP contribution in [0.5, 0.6) is 0 Å². The molecule has 78 valence electrons. The Morgan fingerprint density at radius 2 is 1.77 bits per heavy atom. The third-order valence-corrected chi connectivity index (χ3v) is 4.12. The van der Waals surface area contributed by atoms with E-state index >= 15 is 0 Å². The molecule has 0 spiro atoms. The summed E-state index contributed by atoms with van der Waals surface area (Å²) < 4.78 is 0. The van der Waals surface area contributed by atoms with E-state index in [0.717, 1.165) is 17.8 Å². The van der Waals surface area contributed by atoms with Crippen molar-refractivity contribution < 1.29 is 0 Å². The topological polar surface area (TPSA) is 0 Å². The molecular weight excluding hydrogens is 156 g/mol. The van der Waals surface area contributed by atoms with Crippen LogP contribution in [0.2, 0.25) is 0 Å². The molecule has 0 aromatic heterocycles. The van der Waals surface area contributed by atoms with E-state index in [1.807, 2.05) is 0 Å². The molecule has 3 atom stereocenters. The zero-order chi connectivity index (χ0) is 10.1. The van der Waals surface area contributed by atoms with Crippen molar-refractivity contribution >= 4 is 0 Å². The van der Waals surface area contributed by atoms with Gasteiger partial charge in [0.1, 0.15) is 0 Å². The van der Waals surface area contributed by atoms with Crippen LogP contribution in [-0.4, -0.2) is 0 Å². The van der Waals surface area contributed by atoms with Crippen molar-refractivity contribution in [3.05, 3.63) is 0 Å². The van der Waals surface area contributed by atoms with E-state index in [9.17, 15) is 0 Å². The molecule has 0 aromatic carbocycles. The van der Waals surface area contributed by atoms with Crippen LogP contribution in [0.25, 0.3) is 0 Å². The Kier molecular flexibility index (Phi) is 3.43. The van der Waals surface area contributed by atoms with E-state index in [-0.39, 0.29) is 0 Å². The van der Waals surface area contributed by atoms with Crippen molar-refractivity contribution in [3.8, 4) is 0 Å². The summed E-state index contributed by atoms with van der Waals surface area (Å²) in [7, 11) is 0. The van der Waals surface area contributed by atoms with E-state index in [4.69, 9.17) is 0 Å². The fourth-order valence-electron chi connectivity index (χ4n) is 3.79. The summed E-state index contributed by atoms with van der Waals surface area (Å²) >= 11 is 0. The standard InChI is InChI=1S/C13H26/c1-6-11-8-10(3)9-13(4,5)12(11)7-2/h10-12H,6-9H2,1-5H3. The monoisotopic (exact) mass is 182 g/mol. The first-order chi connectivity index (χ1) is 6.01. The second kappa shape index (κ2) is 4.02. The maximum absolute atomic E-state index is 2.47. The normalized spacial score (nSPS) is 39.0. The van der Waals surface area contributed by atoms with Gasteiger partial charge in [0.25, 0.3) is 0 Å². The maximum Gasteiger partial charge on any atom is -0.0321 e. The molecule has 13 heavy (non-hydrogen) atoms. The Morgan fingerprint density at radius 1 is 1.15 bits per heavy atom. The van der Waals surface area contributed by atoms with Gasteiger partial charge in [0, 0.05) is 0 Å². The lowest BCUT2D eigenvalue weighted by atomic mass is 9.59. The van der Waals surface area contributed by atoms with Crippen molar-refractivity contribution in [2.75, 3.05) is 0 Å². The van der Waals surface area contributed by atoms with Gasteiger partial charge in [0.05, 0.1) is 0 Å². The summed E-state index contributed by atoms with van der Waals surface area (Å²) in [4.78, 5) is 0. The summed E-state index contributed by atoms with van der Waals surface area (Å²) in [5.74, 6) is 2.90. The third-order valence-electron chi connectivity index (χ3n) is 4.12. The highest BCUT2D eigenvalue weighted by Crippen LogP contribution is 2.48. The van der Waals surface area contributed by atoms with Crippen LogP contribution < -0.4 is 0 Å². The lowest BCUT2D eigenvalue weighted by Gasteiger charge is -2.46. The Hall–Kier alpha value is 0. The van der Waals surface area contributed by atoms with Gasteiger partial charge >= 0.3 is 0 Å². The number of hydrogen-bond donors (Lipinski definition) is 0. The minimum Gasteiger partial charge on any atom is -0.0651 e. The van der Waals surface area contributed by atoms with E-state index in [2.05, 4.69) is 34.6 Å². The summed E-state index contributed by atoms with van der Waals surface area (Å²) in [6.45, 7) is 12.1. The molecule has 0 N–H and O–H groups in total. The minimum atomic E-state index is 0.590. The molecule has 0 radical (unpaired) electrons. The van der Waals surface area contributed by atoms with Crippen LogP contribution in [0.4, 0.5) is 0 Å². The Labute approximate surface area is 84.1 Å². The van der Waals surface area contributed by atoms with Gasteiger partial charge in [0.2, 0.25) is 0 Å². The first-order valence-electron chi connectivity index (χ1n) is 6.01. The average Bonchev–Trinajstić information content (AvgIpc) is 2.01. The van der Waals surface area contributed by atoms with Crippen LogP contribution in [-0.2, 0) is 0 Å². The van der Waals surface area contributed by atoms with Crippen LogP contribution in [0.1, 0.15) is 60.3 Å². The first kappa shape index (κ1) is 11.1. The van der Waals surface area contributed by atoms with Crippen molar-refractivity contribution in [3.63, 3.8) is 0 Å². The number of hydrogen-bond acceptors (Lipinski definition) is 0. The van der Waals surface area contributed by atoms with Gasteiger partial charge in [-0.15, -0.1) is 0 Å². The van der Waals surface area contributed by atoms with E-state index in [0.29, 0.717) is 5.41 Å². The maximum atomic E-state index is 2.47. The summed E-state index contributed by atoms with van der Waals surface area (Å²) in [5, 5.41) is 0. The molecule has 1 aliphatic carbocycles. The second-order valence-electron chi connectivity index (χ2n) is 5.72. The Morgan fingerprint density at radius 3 is 2.23 bits per heavy atom. The van der Waals surface area contributed by atoms with Gasteiger partial charge in [-0.3, -0.25) is 0 Å². The van der Waals surface area contributed by atoms with Gasteiger partial charge in [-0.05, 0) is 36.0 Å². The number of rotatable bonds is 2. The van der Waals surface area contributed by atoms with E-state index < -0.39 is 0 Å². The van der Waals surface area contributed by atoms with Gasteiger partial charge in [0.15, 0.2) is 0 Å². The third kappa shape index (κ3) is 2.27. The molecule has 0 aromatic rings. The molecule has 1 fully saturated rings. The first-order valence-corrected chi connectivity index (χ1v) is 6.01. The predicted molar refractivity (Wildman–Crippen MR) is 59.7 cm³/mol. The molecular formula is C13H26. The SMILES string of the molecule is CCC1CC(C)CC(C)(C)C1CC. The van der Waals surface area contributed by atoms with Crippen molar-refractivity contribution in [2.24, 2.45) is 23.2 Å². The average molecular weight is 182 g/mol. The molecule has 0 heterocycles. The van der Waals surface area contributed by atoms with Crippen molar-refractivity contribution in [2.45, 2.75) is 60.3 Å². The summed E-state index contributed by atoms with van der Waals surface area (Å²) in [5.41, 5.74) is 0.590. The molecule has 0 bridgehead atoms. The smallest absolute Gasteiger partial charge is 0.0321 e. The van der Waals surface area contributed by atoms with Crippen LogP contribution in [0, 0.1) is 23.2 Å². The molecule has 1 aliphatic rings. The largest absolute Gasteiger partial charge is 0.0651 e. The molecule has 0 saturated heterocycles. The lowest BCUT2D eigenvalue weighted by Crippen LogP contribution is -2.37. The molecule has 0 nitrogen and oxygen atoms in total. The quantitative estimate of drug-likeness (QED) is 0.590. The van der Waals surface area contributed by atoms with Gasteiger partial charge < -0.3 is 0 Å². The molecule has 0 amide bonds. The zero-order valence-corrected chi connectivity index (χ0v) is 10.1. The Balaban J connectivity index is 2.74. The molecule has 1 rings (SSSR count). The molecule has 0 aliphatic heterocycles. The molecule has 3 unspecified atom stereocenters. The lowest BCUT2D eigenvalue weighted by molar-refractivity contribution is 0.0375. The zero-order valence-electron chi connectivity index (χ0n) is 10.1. The van der Waals surface area contributed by atoms with Crippen LogP contribution in [0.15, 0.2) is 0 Å². The highest BCUT2D eigenvalue weighted by Gasteiger charge is 2.39. The summed E-state index contributed by atoms with van der Waals surface area (Å²) in [6.07, 6.45) is 5.66. The van der Waals surface area contributed by atoms with Gasteiger partial charge in [-0.25, -0.2) is 0 Å². The summed E-state index contributed by atoms with van der Waals surface area (Å²) in [6, 6.07) is 0. The second-order valence-corrected chi connectivity index (χ2v) is 5.72.